The Morgan fingerprint density at radius 1 is 1.21 bits per heavy atom. The number of carbonyl (C=O) groups excluding carboxylic acids is 1. The molecule has 1 aromatic carbocycles. The molecule has 4 nitrogen and oxygen atoms in total. The minimum absolute atomic E-state index is 0.121. The van der Waals surface area contributed by atoms with E-state index in [1.807, 2.05) is 36.4 Å². The molecule has 0 fully saturated rings. The van der Waals surface area contributed by atoms with Crippen molar-refractivity contribution in [2.24, 2.45) is 0 Å². The van der Waals surface area contributed by atoms with E-state index in [0.717, 1.165) is 5.56 Å². The van der Waals surface area contributed by atoms with Crippen LogP contribution in [0.25, 0.3) is 0 Å². The van der Waals surface area contributed by atoms with E-state index >= 15 is 0 Å². The van der Waals surface area contributed by atoms with E-state index in [1.165, 1.54) is 4.90 Å². The van der Waals surface area contributed by atoms with Gasteiger partial charge >= 0.3 is 0 Å². The van der Waals surface area contributed by atoms with Gasteiger partial charge < -0.3 is 4.74 Å². The predicted molar refractivity (Wildman–Crippen MR) is 75.2 cm³/mol. The number of amides is 1. The van der Waals surface area contributed by atoms with Crippen LogP contribution in [0, 0.1) is 0 Å². The van der Waals surface area contributed by atoms with Crippen LogP contribution in [0.1, 0.15) is 11.7 Å². The van der Waals surface area contributed by atoms with Crippen LogP contribution in [-0.4, -0.2) is 17.9 Å². The van der Waals surface area contributed by atoms with Gasteiger partial charge in [0.05, 0.1) is 0 Å². The highest BCUT2D eigenvalue weighted by atomic mass is 79.9. The van der Waals surface area contributed by atoms with Crippen molar-refractivity contribution < 1.29 is 9.53 Å². The fourth-order valence-corrected chi connectivity index (χ4v) is 2.34. The van der Waals surface area contributed by atoms with Gasteiger partial charge in [0.2, 0.25) is 6.10 Å². The van der Waals surface area contributed by atoms with Crippen molar-refractivity contribution in [2.75, 3.05) is 11.9 Å². The molecule has 0 aliphatic carbocycles. The second-order valence-electron chi connectivity index (χ2n) is 4.26. The normalized spacial score (nSPS) is 17.9. The third kappa shape index (κ3) is 2.10. The monoisotopic (exact) mass is 318 g/mol. The molecule has 1 aliphatic rings. The summed E-state index contributed by atoms with van der Waals surface area (Å²) < 4.78 is 6.45. The Morgan fingerprint density at radius 3 is 2.68 bits per heavy atom. The summed E-state index contributed by atoms with van der Waals surface area (Å²) in [7, 11) is 1.71. The second-order valence-corrected chi connectivity index (χ2v) is 5.07. The Labute approximate surface area is 119 Å². The molecule has 1 aromatic heterocycles. The van der Waals surface area contributed by atoms with Gasteiger partial charge in [-0.1, -0.05) is 30.3 Å². The lowest BCUT2D eigenvalue weighted by atomic mass is 10.1. The number of fused-ring (bicyclic) bond motifs is 1. The van der Waals surface area contributed by atoms with E-state index in [9.17, 15) is 4.79 Å². The lowest BCUT2D eigenvalue weighted by Gasteiger charge is -2.31. The average molecular weight is 319 g/mol. The summed E-state index contributed by atoms with van der Waals surface area (Å²) in [5.74, 6) is 1.02. The summed E-state index contributed by atoms with van der Waals surface area (Å²) in [4.78, 5) is 18.1. The van der Waals surface area contributed by atoms with E-state index in [2.05, 4.69) is 20.9 Å². The zero-order valence-electron chi connectivity index (χ0n) is 10.2. The maximum absolute atomic E-state index is 12.3. The largest absolute Gasteiger partial charge is 0.472 e. The number of benzene rings is 1. The van der Waals surface area contributed by atoms with E-state index in [1.54, 1.807) is 13.1 Å². The highest BCUT2D eigenvalue weighted by Gasteiger charge is 2.34. The number of rotatable bonds is 1. The molecule has 1 atom stereocenters. The molecule has 3 rings (SSSR count). The minimum Gasteiger partial charge on any atom is -0.472 e. The number of halogens is 1. The first-order valence-corrected chi connectivity index (χ1v) is 6.62. The molecule has 2 heterocycles. The van der Waals surface area contributed by atoms with Crippen LogP contribution in [-0.2, 0) is 4.79 Å². The molecule has 1 unspecified atom stereocenters. The Kier molecular flexibility index (Phi) is 2.98. The van der Waals surface area contributed by atoms with Gasteiger partial charge in [0.25, 0.3) is 5.91 Å². The summed E-state index contributed by atoms with van der Waals surface area (Å²) in [5.41, 5.74) is 0.841. The van der Waals surface area contributed by atoms with Gasteiger partial charge in [-0.25, -0.2) is 4.98 Å². The molecule has 1 amide bonds. The van der Waals surface area contributed by atoms with Crippen LogP contribution in [0.5, 0.6) is 5.75 Å². The van der Waals surface area contributed by atoms with E-state index in [0.29, 0.717) is 16.2 Å². The number of pyridine rings is 1. The van der Waals surface area contributed by atoms with E-state index in [4.69, 9.17) is 4.74 Å². The minimum atomic E-state index is -0.610. The van der Waals surface area contributed by atoms with Crippen molar-refractivity contribution in [1.29, 1.82) is 0 Å². The van der Waals surface area contributed by atoms with Crippen LogP contribution in [0.4, 0.5) is 5.82 Å². The highest BCUT2D eigenvalue weighted by molar-refractivity contribution is 9.10. The number of carbonyl (C=O) groups is 1. The summed E-state index contributed by atoms with van der Waals surface area (Å²) >= 11 is 3.29. The van der Waals surface area contributed by atoms with Crippen molar-refractivity contribution in [3.05, 3.63) is 52.6 Å². The van der Waals surface area contributed by atoms with Crippen LogP contribution in [0.3, 0.4) is 0 Å². The average Bonchev–Trinajstić information content (AvgIpc) is 2.44. The molecule has 0 radical (unpaired) electrons. The van der Waals surface area contributed by atoms with Gasteiger partial charge in [0.1, 0.15) is 4.60 Å². The molecule has 5 heteroatoms. The van der Waals surface area contributed by atoms with Gasteiger partial charge in [0, 0.05) is 12.6 Å². The molecule has 0 saturated carbocycles. The van der Waals surface area contributed by atoms with Crippen molar-refractivity contribution >= 4 is 27.7 Å². The highest BCUT2D eigenvalue weighted by Crippen LogP contribution is 2.37. The first-order valence-electron chi connectivity index (χ1n) is 5.82. The SMILES string of the molecule is CN1C(=O)C(c2ccccc2)Oc2ccc(Br)nc21. The van der Waals surface area contributed by atoms with Crippen LogP contribution < -0.4 is 9.64 Å². The van der Waals surface area contributed by atoms with Gasteiger partial charge in [-0.3, -0.25) is 9.69 Å². The van der Waals surface area contributed by atoms with E-state index in [-0.39, 0.29) is 5.91 Å². The van der Waals surface area contributed by atoms with Gasteiger partial charge in [-0.05, 0) is 28.1 Å². The lowest BCUT2D eigenvalue weighted by molar-refractivity contribution is -0.126. The maximum Gasteiger partial charge on any atom is 0.273 e. The van der Waals surface area contributed by atoms with Gasteiger partial charge in [-0.2, -0.15) is 0 Å². The first-order chi connectivity index (χ1) is 9.16. The Balaban J connectivity index is 2.04. The first kappa shape index (κ1) is 12.2. The summed E-state index contributed by atoms with van der Waals surface area (Å²) in [6, 6.07) is 13.1. The Hall–Kier alpha value is -1.88. The number of likely N-dealkylation sites (N-methyl/N-ethyl adjacent to an activating group) is 1. The smallest absolute Gasteiger partial charge is 0.273 e. The zero-order chi connectivity index (χ0) is 13.4. The van der Waals surface area contributed by atoms with Gasteiger partial charge in [0.15, 0.2) is 11.6 Å². The predicted octanol–water partition coefficient (Wildman–Crippen LogP) is 2.94. The number of ether oxygens (including phenoxy) is 1. The van der Waals surface area contributed by atoms with Crippen molar-refractivity contribution in [1.82, 2.24) is 4.98 Å². The summed E-state index contributed by atoms with van der Waals surface area (Å²) in [6.07, 6.45) is -0.610. The third-order valence-electron chi connectivity index (χ3n) is 3.03. The molecular formula is C14H11BrN2O2. The number of hydrogen-bond donors (Lipinski definition) is 0. The van der Waals surface area contributed by atoms with Crippen molar-refractivity contribution in [3.63, 3.8) is 0 Å². The molecular weight excluding hydrogens is 308 g/mol. The summed E-state index contributed by atoms with van der Waals surface area (Å²) in [5, 5.41) is 0. The topological polar surface area (TPSA) is 42.4 Å². The Bertz CT molecular complexity index is 631. The molecule has 0 N–H and O–H groups in total. The standard InChI is InChI=1S/C14H11BrN2O2/c1-17-13-10(7-8-11(15)16-13)19-12(14(17)18)9-5-3-2-4-6-9/h2-8,12H,1H3. The molecule has 19 heavy (non-hydrogen) atoms. The molecule has 0 spiro atoms. The fraction of sp³-hybridized carbons (Fsp3) is 0.143. The quantitative estimate of drug-likeness (QED) is 0.759. The zero-order valence-corrected chi connectivity index (χ0v) is 11.8. The molecule has 96 valence electrons. The molecule has 2 aromatic rings. The number of hydrogen-bond acceptors (Lipinski definition) is 3. The van der Waals surface area contributed by atoms with Gasteiger partial charge in [-0.15, -0.1) is 0 Å². The molecule has 0 bridgehead atoms. The second kappa shape index (κ2) is 4.66. The maximum atomic E-state index is 12.3. The number of aromatic nitrogens is 1. The van der Waals surface area contributed by atoms with E-state index < -0.39 is 6.10 Å². The van der Waals surface area contributed by atoms with Crippen molar-refractivity contribution in [2.45, 2.75) is 6.10 Å². The Morgan fingerprint density at radius 2 is 1.95 bits per heavy atom. The van der Waals surface area contributed by atoms with Crippen molar-refractivity contribution in [3.8, 4) is 5.75 Å². The lowest BCUT2D eigenvalue weighted by Crippen LogP contribution is -2.39. The molecule has 1 aliphatic heterocycles. The number of nitrogens with zero attached hydrogens (tertiary/aromatic N) is 2. The summed E-state index contributed by atoms with van der Waals surface area (Å²) in [6.45, 7) is 0. The number of anilines is 1. The third-order valence-corrected chi connectivity index (χ3v) is 3.47. The molecule has 0 saturated heterocycles. The van der Waals surface area contributed by atoms with Crippen LogP contribution in [0.15, 0.2) is 47.1 Å². The fourth-order valence-electron chi connectivity index (χ4n) is 2.04. The van der Waals surface area contributed by atoms with Crippen LogP contribution >= 0.6 is 15.9 Å². The van der Waals surface area contributed by atoms with Crippen LogP contribution in [0.2, 0.25) is 0 Å².